The van der Waals surface area contributed by atoms with Gasteiger partial charge in [-0.25, -0.2) is 8.42 Å². The third kappa shape index (κ3) is 5.03. The number of hydrogen-bond donors (Lipinski definition) is 2. The van der Waals surface area contributed by atoms with Crippen LogP contribution in [0.25, 0.3) is 0 Å². The van der Waals surface area contributed by atoms with Crippen molar-refractivity contribution in [2.75, 3.05) is 7.05 Å². The Morgan fingerprint density at radius 3 is 1.63 bits per heavy atom. The molecule has 0 saturated heterocycles. The van der Waals surface area contributed by atoms with E-state index >= 15 is 0 Å². The topological polar surface area (TPSA) is 147 Å². The molecule has 204 valence electrons. The van der Waals surface area contributed by atoms with Gasteiger partial charge < -0.3 is 9.50 Å². The lowest BCUT2D eigenvalue weighted by Gasteiger charge is -2.32. The van der Waals surface area contributed by atoms with E-state index in [0.29, 0.717) is 17.7 Å². The van der Waals surface area contributed by atoms with E-state index in [1.54, 1.807) is 6.92 Å². The first-order valence-electron chi connectivity index (χ1n) is 8.23. The summed E-state index contributed by atoms with van der Waals surface area (Å²) in [5, 5.41) is -3.57. The molecule has 1 aromatic carbocycles. The van der Waals surface area contributed by atoms with Crippen molar-refractivity contribution in [3.8, 4) is 5.75 Å². The predicted octanol–water partition coefficient (Wildman–Crippen LogP) is 2.37. The lowest BCUT2D eigenvalue weighted by atomic mass is 10.1. The Balaban J connectivity index is 3.51. The van der Waals surface area contributed by atoms with E-state index in [2.05, 4.69) is 9.50 Å². The Hall–Kier alpha value is -1.88. The first-order chi connectivity index (χ1) is 15.3. The number of nitrogens with zero attached hydrogens (tertiary/aromatic N) is 1. The van der Waals surface area contributed by atoms with Gasteiger partial charge in [-0.05, 0) is 31.7 Å². The average Bonchev–Trinajstić information content (AvgIpc) is 2.71. The Labute approximate surface area is 191 Å². The highest BCUT2D eigenvalue weighted by Gasteiger charge is 2.84. The van der Waals surface area contributed by atoms with Crippen molar-refractivity contribution in [2.45, 2.75) is 34.9 Å². The molecule has 0 fully saturated rings. The summed E-state index contributed by atoms with van der Waals surface area (Å²) in [6.07, 6.45) is 0. The zero-order valence-corrected chi connectivity index (χ0v) is 19.2. The van der Waals surface area contributed by atoms with Crippen LogP contribution in [-0.2, 0) is 30.2 Å². The average molecular weight is 592 g/mol. The molecule has 0 aliphatic carbocycles. The first-order valence-corrected chi connectivity index (χ1v) is 12.5. The molecule has 35 heavy (non-hydrogen) atoms. The summed E-state index contributed by atoms with van der Waals surface area (Å²) in [7, 11) is -21.8. The maximum absolute atomic E-state index is 14.1. The van der Waals surface area contributed by atoms with Gasteiger partial charge in [-0.3, -0.25) is 5.21 Å². The highest BCUT2D eigenvalue weighted by atomic mass is 32.3. The highest BCUT2D eigenvalue weighted by Crippen LogP contribution is 2.52. The van der Waals surface area contributed by atoms with Crippen LogP contribution >= 0.6 is 0 Å². The van der Waals surface area contributed by atoms with Gasteiger partial charge in [-0.2, -0.15) is 56.3 Å². The second-order valence-corrected chi connectivity index (χ2v) is 11.7. The molecule has 1 atom stereocenters. The monoisotopic (exact) mass is 592 g/mol. The van der Waals surface area contributed by atoms with Crippen LogP contribution < -0.4 is 9.50 Å². The Morgan fingerprint density at radius 2 is 1.26 bits per heavy atom. The fraction of sp³-hybridized carbons (Fsp3) is 0.538. The lowest BCUT2D eigenvalue weighted by molar-refractivity contribution is -0.247. The van der Waals surface area contributed by atoms with Gasteiger partial charge in [0.05, 0.1) is 0 Å². The molecule has 0 heterocycles. The molecule has 1 rings (SSSR count). The SMILES string of the molecule is CNC(C)c1ccc(OS(=O)(=O)C(F)(F)C(F)(F)C(F)(F)S(=O)(=O)N(O)S(=O)(=O)C(F)(F)F)cc1. The third-order valence-electron chi connectivity index (χ3n) is 4.09. The zero-order chi connectivity index (χ0) is 28.1. The summed E-state index contributed by atoms with van der Waals surface area (Å²) in [6.45, 7) is 1.56. The molecule has 0 amide bonds. The summed E-state index contributed by atoms with van der Waals surface area (Å²) in [4.78, 5) is 0. The third-order valence-corrected chi connectivity index (χ3v) is 8.88. The van der Waals surface area contributed by atoms with Crippen molar-refractivity contribution in [2.24, 2.45) is 0 Å². The fourth-order valence-electron chi connectivity index (χ4n) is 1.96. The Kier molecular flexibility index (Phi) is 8.20. The van der Waals surface area contributed by atoms with Crippen LogP contribution in [0.2, 0.25) is 0 Å². The van der Waals surface area contributed by atoms with Crippen LogP contribution in [0.1, 0.15) is 18.5 Å². The van der Waals surface area contributed by atoms with Crippen LogP contribution in [-0.4, -0.2) is 63.3 Å². The van der Waals surface area contributed by atoms with Gasteiger partial charge in [0, 0.05) is 9.92 Å². The molecule has 0 radical (unpaired) electrons. The summed E-state index contributed by atoms with van der Waals surface area (Å²) >= 11 is 0. The second kappa shape index (κ2) is 9.21. The van der Waals surface area contributed by atoms with Crippen molar-refractivity contribution in [3.05, 3.63) is 29.8 Å². The number of halogens is 9. The second-order valence-electron chi connectivity index (χ2n) is 6.36. The van der Waals surface area contributed by atoms with E-state index in [-0.39, 0.29) is 0 Å². The van der Waals surface area contributed by atoms with E-state index in [0.717, 1.165) is 12.1 Å². The number of nitrogens with one attached hydrogen (secondary N) is 1. The number of benzene rings is 1. The molecule has 2 N–H and O–H groups in total. The van der Waals surface area contributed by atoms with Crippen molar-refractivity contribution in [1.29, 1.82) is 0 Å². The van der Waals surface area contributed by atoms with E-state index in [1.807, 2.05) is 0 Å². The number of hydrogen-bond acceptors (Lipinski definition) is 9. The zero-order valence-electron chi connectivity index (χ0n) is 16.8. The van der Waals surface area contributed by atoms with Crippen LogP contribution in [0.4, 0.5) is 39.5 Å². The van der Waals surface area contributed by atoms with Crippen molar-refractivity contribution in [3.63, 3.8) is 0 Å². The lowest BCUT2D eigenvalue weighted by Crippen LogP contribution is -2.64. The summed E-state index contributed by atoms with van der Waals surface area (Å²) < 4.78 is 189. The van der Waals surface area contributed by atoms with Gasteiger partial charge >= 0.3 is 52.1 Å². The van der Waals surface area contributed by atoms with Gasteiger partial charge in [0.25, 0.3) is 0 Å². The van der Waals surface area contributed by atoms with Gasteiger partial charge in [0.2, 0.25) is 0 Å². The maximum Gasteiger partial charge on any atom is 0.514 e. The molecule has 0 saturated carbocycles. The smallest absolute Gasteiger partial charge is 0.378 e. The number of rotatable bonds is 10. The predicted molar refractivity (Wildman–Crippen MR) is 95.8 cm³/mol. The molecule has 10 nitrogen and oxygen atoms in total. The summed E-state index contributed by atoms with van der Waals surface area (Å²) in [6, 6.07) is 2.84. The number of alkyl halides is 9. The molecule has 0 aliphatic rings. The van der Waals surface area contributed by atoms with Crippen LogP contribution in [0.5, 0.6) is 5.75 Å². The molecule has 0 bridgehead atoms. The summed E-state index contributed by atoms with van der Waals surface area (Å²) in [5.74, 6) is -8.87. The van der Waals surface area contributed by atoms with Crippen molar-refractivity contribution in [1.82, 2.24) is 9.19 Å². The highest BCUT2D eigenvalue weighted by molar-refractivity contribution is 8.04. The van der Waals surface area contributed by atoms with E-state index in [9.17, 15) is 64.8 Å². The summed E-state index contributed by atoms with van der Waals surface area (Å²) in [5.41, 5.74) is -6.53. The van der Waals surface area contributed by atoms with Crippen molar-refractivity contribution >= 4 is 30.2 Å². The quantitative estimate of drug-likeness (QED) is 0.238. The molecule has 0 spiro atoms. The minimum Gasteiger partial charge on any atom is -0.378 e. The Morgan fingerprint density at radius 1 is 0.829 bits per heavy atom. The first kappa shape index (κ1) is 31.2. The Bertz CT molecular complexity index is 1250. The normalized spacial score (nSPS) is 15.8. The largest absolute Gasteiger partial charge is 0.514 e. The molecule has 1 unspecified atom stereocenters. The van der Waals surface area contributed by atoms with E-state index < -0.39 is 67.8 Å². The standard InChI is InChI=1S/C13H13F9N2O8S3/c1-7(23-2)8-3-5-9(6-4-8)32-35(30,31)12(18,19)10(14,15)11(16,17)33(26,27)24(25)34(28,29)13(20,21)22/h3-7,23,25H,1-2H3. The van der Waals surface area contributed by atoms with Gasteiger partial charge in [-0.1, -0.05) is 12.1 Å². The van der Waals surface area contributed by atoms with Gasteiger partial charge in [-0.15, -0.1) is 0 Å². The van der Waals surface area contributed by atoms with Crippen LogP contribution in [0, 0.1) is 0 Å². The number of sulfonamides is 2. The van der Waals surface area contributed by atoms with Crippen molar-refractivity contribution < 1.29 is 74.2 Å². The van der Waals surface area contributed by atoms with E-state index in [4.69, 9.17) is 5.21 Å². The molecular weight excluding hydrogens is 579 g/mol. The molecule has 1 aromatic rings. The maximum atomic E-state index is 14.1. The molecule has 22 heteroatoms. The van der Waals surface area contributed by atoms with Gasteiger partial charge in [0.1, 0.15) is 5.75 Å². The molecule has 0 aromatic heterocycles. The fourth-order valence-corrected chi connectivity index (χ4v) is 5.33. The van der Waals surface area contributed by atoms with Gasteiger partial charge in [0.15, 0.2) is 0 Å². The molecule has 0 aliphatic heterocycles. The van der Waals surface area contributed by atoms with Crippen LogP contribution in [0.3, 0.4) is 0 Å². The minimum atomic E-state index is -8.28. The van der Waals surface area contributed by atoms with E-state index in [1.165, 1.54) is 7.05 Å². The minimum absolute atomic E-state index is 0.362. The van der Waals surface area contributed by atoms with Crippen LogP contribution in [0.15, 0.2) is 24.3 Å². The molecular formula is C13H13F9N2O8S3.